The molecule has 0 N–H and O–H groups in total. The molecular formula is C22H16F4N2O4S. The molecule has 33 heavy (non-hydrogen) atoms. The SMILES string of the molecule is O=C1N(Cc2ccc(OC(F)(F)F)cc2)c2ccccc2S(=O)(=O)N1Cc1ccc(F)cc1. The topological polar surface area (TPSA) is 66.9 Å². The number of halogens is 4. The van der Waals surface area contributed by atoms with Gasteiger partial charge in [0.15, 0.2) is 0 Å². The number of benzene rings is 3. The Balaban J connectivity index is 1.67. The van der Waals surface area contributed by atoms with Gasteiger partial charge in [0.1, 0.15) is 16.5 Å². The van der Waals surface area contributed by atoms with Gasteiger partial charge in [0.05, 0.1) is 18.8 Å². The van der Waals surface area contributed by atoms with Crippen LogP contribution in [0.15, 0.2) is 77.7 Å². The second-order valence-corrected chi connectivity index (χ2v) is 9.00. The molecule has 0 spiro atoms. The van der Waals surface area contributed by atoms with Crippen molar-refractivity contribution in [3.8, 4) is 5.75 Å². The lowest BCUT2D eigenvalue weighted by atomic mass is 10.2. The fourth-order valence-electron chi connectivity index (χ4n) is 3.40. The molecule has 0 aromatic heterocycles. The summed E-state index contributed by atoms with van der Waals surface area (Å²) in [5.41, 5.74) is 1.00. The number of fused-ring (bicyclic) bond motifs is 1. The molecule has 0 aliphatic carbocycles. The Hall–Kier alpha value is -3.60. The second kappa shape index (κ2) is 8.39. The van der Waals surface area contributed by atoms with Crippen molar-refractivity contribution in [2.75, 3.05) is 4.90 Å². The first kappa shape index (κ1) is 22.6. The molecule has 6 nitrogen and oxygen atoms in total. The molecule has 3 aromatic carbocycles. The van der Waals surface area contributed by atoms with Crippen LogP contribution >= 0.6 is 0 Å². The average Bonchev–Trinajstić information content (AvgIpc) is 2.76. The van der Waals surface area contributed by atoms with Crippen molar-refractivity contribution in [2.24, 2.45) is 0 Å². The van der Waals surface area contributed by atoms with Gasteiger partial charge < -0.3 is 4.74 Å². The summed E-state index contributed by atoms with van der Waals surface area (Å²) in [7, 11) is -4.19. The predicted molar refractivity (Wildman–Crippen MR) is 110 cm³/mol. The second-order valence-electron chi connectivity index (χ2n) is 7.17. The molecular weight excluding hydrogens is 464 g/mol. The number of sulfonamides is 1. The van der Waals surface area contributed by atoms with E-state index in [1.54, 1.807) is 6.07 Å². The summed E-state index contributed by atoms with van der Waals surface area (Å²) in [6.07, 6.45) is -4.83. The lowest BCUT2D eigenvalue weighted by molar-refractivity contribution is -0.274. The molecule has 4 rings (SSSR count). The van der Waals surface area contributed by atoms with Crippen LogP contribution in [0.2, 0.25) is 0 Å². The minimum atomic E-state index is -4.83. The number of para-hydroxylation sites is 1. The van der Waals surface area contributed by atoms with Crippen molar-refractivity contribution < 1.29 is 35.5 Å². The number of nitrogens with zero attached hydrogens (tertiary/aromatic N) is 2. The van der Waals surface area contributed by atoms with Gasteiger partial charge in [-0.1, -0.05) is 36.4 Å². The van der Waals surface area contributed by atoms with Gasteiger partial charge in [-0.3, -0.25) is 4.90 Å². The van der Waals surface area contributed by atoms with Crippen LogP contribution in [0, 0.1) is 5.82 Å². The van der Waals surface area contributed by atoms with E-state index in [-0.39, 0.29) is 23.7 Å². The van der Waals surface area contributed by atoms with Gasteiger partial charge in [-0.15, -0.1) is 13.2 Å². The van der Waals surface area contributed by atoms with Gasteiger partial charge in [-0.2, -0.15) is 0 Å². The molecule has 2 amide bonds. The Kier molecular flexibility index (Phi) is 5.75. The number of hydrogen-bond acceptors (Lipinski definition) is 4. The van der Waals surface area contributed by atoms with Crippen LogP contribution in [0.1, 0.15) is 11.1 Å². The molecule has 172 valence electrons. The Morgan fingerprint density at radius 3 is 2.03 bits per heavy atom. The highest BCUT2D eigenvalue weighted by atomic mass is 32.2. The fraction of sp³-hybridized carbons (Fsp3) is 0.136. The standard InChI is InChI=1S/C22H16F4N2O4S/c23-17-9-5-16(6-10-17)14-28-21(29)27(19-3-1-2-4-20(19)33(28,30)31)13-15-7-11-18(12-8-15)32-22(24,25)26/h1-12H,13-14H2. The number of carbonyl (C=O) groups excluding carboxylic acids is 1. The van der Waals surface area contributed by atoms with E-state index in [0.717, 1.165) is 24.3 Å². The van der Waals surface area contributed by atoms with Crippen molar-refractivity contribution in [1.82, 2.24) is 4.31 Å². The summed E-state index contributed by atoms with van der Waals surface area (Å²) >= 11 is 0. The number of hydrogen-bond donors (Lipinski definition) is 0. The molecule has 11 heteroatoms. The van der Waals surface area contributed by atoms with Crippen molar-refractivity contribution in [3.63, 3.8) is 0 Å². The smallest absolute Gasteiger partial charge is 0.406 e. The molecule has 0 saturated carbocycles. The Bertz CT molecular complexity index is 1280. The molecule has 0 saturated heterocycles. The zero-order valence-electron chi connectivity index (χ0n) is 16.8. The van der Waals surface area contributed by atoms with Crippen LogP contribution in [0.4, 0.5) is 28.0 Å². The average molecular weight is 480 g/mol. The first-order valence-electron chi connectivity index (χ1n) is 9.57. The first-order valence-corrected chi connectivity index (χ1v) is 11.0. The van der Waals surface area contributed by atoms with Gasteiger partial charge >= 0.3 is 12.4 Å². The highest BCUT2D eigenvalue weighted by Gasteiger charge is 2.41. The van der Waals surface area contributed by atoms with Gasteiger partial charge in [-0.05, 0) is 47.5 Å². The van der Waals surface area contributed by atoms with Crippen LogP contribution in [-0.2, 0) is 23.1 Å². The van der Waals surface area contributed by atoms with Crippen LogP contribution in [-0.4, -0.2) is 25.1 Å². The maximum atomic E-state index is 13.3. The number of ether oxygens (including phenoxy) is 1. The fourth-order valence-corrected chi connectivity index (χ4v) is 4.95. The quantitative estimate of drug-likeness (QED) is 0.479. The van der Waals surface area contributed by atoms with E-state index in [1.165, 1.54) is 47.4 Å². The van der Waals surface area contributed by atoms with Gasteiger partial charge in [0, 0.05) is 0 Å². The Morgan fingerprint density at radius 1 is 0.818 bits per heavy atom. The molecule has 1 aliphatic heterocycles. The number of rotatable bonds is 5. The van der Waals surface area contributed by atoms with E-state index < -0.39 is 34.0 Å². The molecule has 1 aliphatic rings. The zero-order valence-corrected chi connectivity index (χ0v) is 17.6. The molecule has 0 bridgehead atoms. The van der Waals surface area contributed by atoms with Crippen molar-refractivity contribution in [3.05, 3.63) is 89.7 Å². The maximum Gasteiger partial charge on any atom is 0.573 e. The third kappa shape index (κ3) is 4.77. The van der Waals surface area contributed by atoms with E-state index >= 15 is 0 Å². The van der Waals surface area contributed by atoms with E-state index in [2.05, 4.69) is 4.74 Å². The molecule has 0 fully saturated rings. The van der Waals surface area contributed by atoms with Gasteiger partial charge in [0.2, 0.25) is 0 Å². The van der Waals surface area contributed by atoms with E-state index in [9.17, 15) is 30.8 Å². The number of carbonyl (C=O) groups is 1. The number of amides is 2. The monoisotopic (exact) mass is 480 g/mol. The maximum absolute atomic E-state index is 13.3. The van der Waals surface area contributed by atoms with E-state index in [1.807, 2.05) is 0 Å². The Morgan fingerprint density at radius 2 is 1.39 bits per heavy atom. The van der Waals surface area contributed by atoms with Crippen LogP contribution < -0.4 is 9.64 Å². The highest BCUT2D eigenvalue weighted by molar-refractivity contribution is 7.90. The highest BCUT2D eigenvalue weighted by Crippen LogP contribution is 2.36. The normalized spacial score (nSPS) is 15.3. The van der Waals surface area contributed by atoms with Crippen LogP contribution in [0.3, 0.4) is 0 Å². The minimum absolute atomic E-state index is 0.0938. The lowest BCUT2D eigenvalue weighted by Gasteiger charge is -2.36. The summed E-state index contributed by atoms with van der Waals surface area (Å²) < 4.78 is 81.2. The van der Waals surface area contributed by atoms with Gasteiger partial charge in [-0.25, -0.2) is 21.9 Å². The minimum Gasteiger partial charge on any atom is -0.406 e. The third-order valence-corrected chi connectivity index (χ3v) is 6.67. The summed E-state index contributed by atoms with van der Waals surface area (Å²) in [6, 6.07) is 15.1. The van der Waals surface area contributed by atoms with Crippen LogP contribution in [0.5, 0.6) is 5.75 Å². The van der Waals surface area contributed by atoms with Crippen LogP contribution in [0.25, 0.3) is 0 Å². The summed E-state index contributed by atoms with van der Waals surface area (Å²) in [5, 5.41) is 0. The predicted octanol–water partition coefficient (Wildman–Crippen LogP) is 5.06. The summed E-state index contributed by atoms with van der Waals surface area (Å²) in [5.74, 6) is -0.923. The van der Waals surface area contributed by atoms with Gasteiger partial charge in [0.25, 0.3) is 10.0 Å². The number of anilines is 1. The van der Waals surface area contributed by atoms with Crippen molar-refractivity contribution in [2.45, 2.75) is 24.3 Å². The summed E-state index contributed by atoms with van der Waals surface area (Å²) in [4.78, 5) is 14.4. The molecule has 1 heterocycles. The molecule has 0 radical (unpaired) electrons. The molecule has 3 aromatic rings. The first-order chi connectivity index (χ1) is 15.5. The third-order valence-electron chi connectivity index (χ3n) is 4.91. The summed E-state index contributed by atoms with van der Waals surface area (Å²) in [6.45, 7) is -0.414. The van der Waals surface area contributed by atoms with Crippen molar-refractivity contribution in [1.29, 1.82) is 0 Å². The van der Waals surface area contributed by atoms with E-state index in [4.69, 9.17) is 0 Å². The number of urea groups is 1. The largest absolute Gasteiger partial charge is 0.573 e. The Labute approximate surface area is 186 Å². The molecule has 0 atom stereocenters. The zero-order chi connectivity index (χ0) is 23.8. The van der Waals surface area contributed by atoms with Crippen molar-refractivity contribution >= 4 is 21.7 Å². The molecule has 0 unspecified atom stereocenters. The van der Waals surface area contributed by atoms with E-state index in [0.29, 0.717) is 15.4 Å². The lowest BCUT2D eigenvalue weighted by Crippen LogP contribution is -2.49. The number of alkyl halides is 3.